The highest BCUT2D eigenvalue weighted by atomic mass is 16.5. The number of benzene rings is 1. The minimum Gasteiger partial charge on any atom is -0.495 e. The molecule has 1 aromatic heterocycles. The van der Waals surface area contributed by atoms with Gasteiger partial charge in [-0.05, 0) is 24.3 Å². The number of furan rings is 1. The number of carbonyl (C=O) groups excluding carboxylic acids is 2. The van der Waals surface area contributed by atoms with Gasteiger partial charge in [-0.3, -0.25) is 4.79 Å². The summed E-state index contributed by atoms with van der Waals surface area (Å²) in [5, 5.41) is 0. The molecule has 0 bridgehead atoms. The van der Waals surface area contributed by atoms with E-state index in [2.05, 4.69) is 4.90 Å². The molecule has 7 heteroatoms. The summed E-state index contributed by atoms with van der Waals surface area (Å²) in [5.41, 5.74) is 1.02. The van der Waals surface area contributed by atoms with Crippen molar-refractivity contribution in [2.45, 2.75) is 0 Å². The molecule has 0 spiro atoms. The molecule has 0 radical (unpaired) electrons. The van der Waals surface area contributed by atoms with Crippen molar-refractivity contribution in [3.05, 3.63) is 48.4 Å². The van der Waals surface area contributed by atoms with Gasteiger partial charge in [-0.25, -0.2) is 4.79 Å². The lowest BCUT2D eigenvalue weighted by atomic mass is 10.2. The van der Waals surface area contributed by atoms with Crippen LogP contribution in [0.2, 0.25) is 0 Å². The maximum absolute atomic E-state index is 12.2. The average Bonchev–Trinajstić information content (AvgIpc) is 3.21. The number of nitrogens with zero attached hydrogens (tertiary/aromatic N) is 2. The molecule has 1 aliphatic heterocycles. The first-order valence-corrected chi connectivity index (χ1v) is 8.05. The van der Waals surface area contributed by atoms with Crippen molar-refractivity contribution in [1.29, 1.82) is 0 Å². The Labute approximate surface area is 145 Å². The highest BCUT2D eigenvalue weighted by Gasteiger charge is 2.24. The second-order valence-corrected chi connectivity index (χ2v) is 5.59. The van der Waals surface area contributed by atoms with E-state index in [0.29, 0.717) is 26.2 Å². The number of hydrogen-bond acceptors (Lipinski definition) is 6. The molecule has 0 N–H and O–H groups in total. The summed E-state index contributed by atoms with van der Waals surface area (Å²) in [6.45, 7) is 2.23. The molecule has 3 rings (SSSR count). The number of ether oxygens (including phenoxy) is 2. The average molecular weight is 344 g/mol. The molecule has 132 valence electrons. The molecule has 0 unspecified atom stereocenters. The summed E-state index contributed by atoms with van der Waals surface area (Å²) >= 11 is 0. The van der Waals surface area contributed by atoms with Gasteiger partial charge in [-0.2, -0.15) is 0 Å². The van der Waals surface area contributed by atoms with Gasteiger partial charge in [0, 0.05) is 26.2 Å². The number of methoxy groups -OCH3 is 1. The highest BCUT2D eigenvalue weighted by Crippen LogP contribution is 2.28. The van der Waals surface area contributed by atoms with E-state index in [-0.39, 0.29) is 18.3 Å². The molecule has 7 nitrogen and oxygen atoms in total. The maximum atomic E-state index is 12.2. The number of anilines is 1. The maximum Gasteiger partial charge on any atom is 0.374 e. The minimum atomic E-state index is -0.633. The number of para-hydroxylation sites is 2. The number of hydrogen-bond donors (Lipinski definition) is 0. The summed E-state index contributed by atoms with van der Waals surface area (Å²) < 4.78 is 15.3. The zero-order chi connectivity index (χ0) is 17.6. The van der Waals surface area contributed by atoms with E-state index in [9.17, 15) is 9.59 Å². The smallest absolute Gasteiger partial charge is 0.374 e. The molecule has 25 heavy (non-hydrogen) atoms. The van der Waals surface area contributed by atoms with Gasteiger partial charge in [-0.1, -0.05) is 12.1 Å². The van der Waals surface area contributed by atoms with Gasteiger partial charge in [0.25, 0.3) is 5.91 Å². The molecule has 0 atom stereocenters. The number of piperazine rings is 1. The summed E-state index contributed by atoms with van der Waals surface area (Å²) in [6, 6.07) is 10.9. The third kappa shape index (κ3) is 3.93. The zero-order valence-corrected chi connectivity index (χ0v) is 14.0. The Balaban J connectivity index is 1.50. The fraction of sp³-hybridized carbons (Fsp3) is 0.333. The first-order valence-electron chi connectivity index (χ1n) is 8.05. The van der Waals surface area contributed by atoms with Gasteiger partial charge in [0.05, 0.1) is 19.1 Å². The molecule has 0 aliphatic carbocycles. The first kappa shape index (κ1) is 16.9. The van der Waals surface area contributed by atoms with Crippen molar-refractivity contribution in [3.8, 4) is 5.75 Å². The summed E-state index contributed by atoms with van der Waals surface area (Å²) in [5.74, 6) is 0.0639. The lowest BCUT2D eigenvalue weighted by Crippen LogP contribution is -2.50. The van der Waals surface area contributed by atoms with Crippen LogP contribution in [0.15, 0.2) is 47.1 Å². The fourth-order valence-electron chi connectivity index (χ4n) is 2.77. The normalized spacial score (nSPS) is 14.3. The van der Waals surface area contributed by atoms with Crippen molar-refractivity contribution in [3.63, 3.8) is 0 Å². The molecule has 0 saturated carbocycles. The first-order chi connectivity index (χ1) is 12.2. The molecule has 1 aliphatic rings. The van der Waals surface area contributed by atoms with Crippen LogP contribution in [-0.4, -0.2) is 56.7 Å². The van der Waals surface area contributed by atoms with Gasteiger partial charge in [0.15, 0.2) is 6.61 Å². The topological polar surface area (TPSA) is 72.2 Å². The van der Waals surface area contributed by atoms with E-state index in [1.807, 2.05) is 24.3 Å². The van der Waals surface area contributed by atoms with E-state index in [1.165, 1.54) is 12.3 Å². The standard InChI is InChI=1S/C18H20N2O5/c1-23-15-6-3-2-5-14(15)19-8-10-20(11-9-19)17(21)13-25-18(22)16-7-4-12-24-16/h2-7,12H,8-11,13H2,1H3. The second kappa shape index (κ2) is 7.74. The van der Waals surface area contributed by atoms with Crippen LogP contribution in [0.25, 0.3) is 0 Å². The van der Waals surface area contributed by atoms with Crippen LogP contribution in [0, 0.1) is 0 Å². The molecule has 1 fully saturated rings. The third-order valence-corrected chi connectivity index (χ3v) is 4.11. The van der Waals surface area contributed by atoms with Crippen LogP contribution in [0.4, 0.5) is 5.69 Å². The number of amides is 1. The van der Waals surface area contributed by atoms with Gasteiger partial charge >= 0.3 is 5.97 Å². The number of carbonyl (C=O) groups is 2. The minimum absolute atomic E-state index is 0.0915. The van der Waals surface area contributed by atoms with Crippen molar-refractivity contribution in [2.75, 3.05) is 44.8 Å². The van der Waals surface area contributed by atoms with Crippen molar-refractivity contribution >= 4 is 17.6 Å². The molecule has 1 amide bonds. The molecular weight excluding hydrogens is 324 g/mol. The quantitative estimate of drug-likeness (QED) is 0.770. The van der Waals surface area contributed by atoms with E-state index < -0.39 is 5.97 Å². The lowest BCUT2D eigenvalue weighted by molar-refractivity contribution is -0.134. The molecule has 2 aromatic rings. The van der Waals surface area contributed by atoms with Gasteiger partial charge in [0.1, 0.15) is 5.75 Å². The van der Waals surface area contributed by atoms with Gasteiger partial charge in [0.2, 0.25) is 5.76 Å². The summed E-state index contributed by atoms with van der Waals surface area (Å²) in [7, 11) is 1.64. The Bertz CT molecular complexity index is 721. The molecule has 1 aromatic carbocycles. The van der Waals surface area contributed by atoms with Crippen molar-refractivity contribution < 1.29 is 23.5 Å². The van der Waals surface area contributed by atoms with E-state index in [1.54, 1.807) is 18.1 Å². The Kier molecular flexibility index (Phi) is 5.23. The van der Waals surface area contributed by atoms with Crippen LogP contribution < -0.4 is 9.64 Å². The van der Waals surface area contributed by atoms with Crippen LogP contribution in [0.3, 0.4) is 0 Å². The van der Waals surface area contributed by atoms with Crippen molar-refractivity contribution in [1.82, 2.24) is 4.90 Å². The fourth-order valence-corrected chi connectivity index (χ4v) is 2.77. The van der Waals surface area contributed by atoms with Gasteiger partial charge in [-0.15, -0.1) is 0 Å². The Hall–Kier alpha value is -2.96. The lowest BCUT2D eigenvalue weighted by Gasteiger charge is -2.36. The van der Waals surface area contributed by atoms with Gasteiger partial charge < -0.3 is 23.7 Å². The molecule has 1 saturated heterocycles. The zero-order valence-electron chi connectivity index (χ0n) is 14.0. The van der Waals surface area contributed by atoms with Crippen LogP contribution in [-0.2, 0) is 9.53 Å². The Morgan fingerprint density at radius 2 is 1.84 bits per heavy atom. The SMILES string of the molecule is COc1ccccc1N1CCN(C(=O)COC(=O)c2ccco2)CC1. The molecule has 2 heterocycles. The number of rotatable bonds is 5. The second-order valence-electron chi connectivity index (χ2n) is 5.59. The highest BCUT2D eigenvalue weighted by molar-refractivity contribution is 5.88. The van der Waals surface area contributed by atoms with Crippen LogP contribution in [0.1, 0.15) is 10.6 Å². The largest absolute Gasteiger partial charge is 0.495 e. The summed E-state index contributed by atoms with van der Waals surface area (Å²) in [6.07, 6.45) is 1.38. The van der Waals surface area contributed by atoms with E-state index in [0.717, 1.165) is 11.4 Å². The third-order valence-electron chi connectivity index (χ3n) is 4.11. The Morgan fingerprint density at radius 3 is 2.52 bits per heavy atom. The predicted molar refractivity (Wildman–Crippen MR) is 90.8 cm³/mol. The predicted octanol–water partition coefficient (Wildman–Crippen LogP) is 1.79. The monoisotopic (exact) mass is 344 g/mol. The van der Waals surface area contributed by atoms with Crippen LogP contribution >= 0.6 is 0 Å². The van der Waals surface area contributed by atoms with E-state index in [4.69, 9.17) is 13.9 Å². The van der Waals surface area contributed by atoms with Crippen LogP contribution in [0.5, 0.6) is 5.75 Å². The van der Waals surface area contributed by atoms with E-state index >= 15 is 0 Å². The number of esters is 1. The molecular formula is C18H20N2O5. The summed E-state index contributed by atoms with van der Waals surface area (Å²) in [4.78, 5) is 27.8. The van der Waals surface area contributed by atoms with Crippen molar-refractivity contribution in [2.24, 2.45) is 0 Å². The Morgan fingerprint density at radius 1 is 1.08 bits per heavy atom.